The van der Waals surface area contributed by atoms with E-state index < -0.39 is 17.5 Å². The first-order valence-corrected chi connectivity index (χ1v) is 8.08. The number of aryl methyl sites for hydroxylation is 1. The fourth-order valence-corrected chi connectivity index (χ4v) is 4.31. The first-order chi connectivity index (χ1) is 11.4. The smallest absolute Gasteiger partial charge is 0.419 e. The van der Waals surface area contributed by atoms with Crippen molar-refractivity contribution in [2.45, 2.75) is 37.5 Å². The summed E-state index contributed by atoms with van der Waals surface area (Å²) in [4.78, 5) is 2.19. The maximum absolute atomic E-state index is 13.2. The highest BCUT2D eigenvalue weighted by atomic mass is 19.4. The largest absolute Gasteiger partial charge is 0.507 e. The predicted octanol–water partition coefficient (Wildman–Crippen LogP) is 4.30. The average molecular weight is 333 g/mol. The lowest BCUT2D eigenvalue weighted by Crippen LogP contribution is -2.44. The van der Waals surface area contributed by atoms with E-state index >= 15 is 0 Å². The van der Waals surface area contributed by atoms with Gasteiger partial charge in [-0.05, 0) is 42.6 Å². The number of hydrogen-bond acceptors (Lipinski definition) is 2. The zero-order valence-corrected chi connectivity index (χ0v) is 13.3. The molecule has 0 amide bonds. The van der Waals surface area contributed by atoms with E-state index in [4.69, 9.17) is 0 Å². The van der Waals surface area contributed by atoms with Gasteiger partial charge in [0.25, 0.3) is 0 Å². The number of hydrogen-bond donors (Lipinski definition) is 1. The molecule has 1 aliphatic heterocycles. The second-order valence-electron chi connectivity index (χ2n) is 6.73. The van der Waals surface area contributed by atoms with Gasteiger partial charge in [0, 0.05) is 24.1 Å². The highest BCUT2D eigenvalue weighted by Gasteiger charge is 2.43. The summed E-state index contributed by atoms with van der Waals surface area (Å²) in [6, 6.07) is 10.5. The summed E-state index contributed by atoms with van der Waals surface area (Å²) in [6.45, 7) is 0.560. The molecule has 2 nitrogen and oxygen atoms in total. The third kappa shape index (κ3) is 2.22. The number of benzene rings is 2. The van der Waals surface area contributed by atoms with Gasteiger partial charge in [0.2, 0.25) is 0 Å². The molecule has 2 atom stereocenters. The van der Waals surface area contributed by atoms with Crippen molar-refractivity contribution in [3.8, 4) is 5.75 Å². The van der Waals surface area contributed by atoms with E-state index in [2.05, 4.69) is 4.90 Å². The normalized spacial score (nSPS) is 23.3. The van der Waals surface area contributed by atoms with Crippen LogP contribution in [0.15, 0.2) is 36.4 Å². The van der Waals surface area contributed by atoms with Gasteiger partial charge in [0.05, 0.1) is 5.56 Å². The molecule has 24 heavy (non-hydrogen) atoms. The number of phenols is 1. The summed E-state index contributed by atoms with van der Waals surface area (Å²) < 4.78 is 39.7. The molecule has 1 aliphatic carbocycles. The number of fused-ring (bicyclic) bond motifs is 5. The van der Waals surface area contributed by atoms with E-state index in [1.54, 1.807) is 0 Å². The molecule has 1 heterocycles. The molecule has 2 aliphatic rings. The quantitative estimate of drug-likeness (QED) is 0.777. The summed E-state index contributed by atoms with van der Waals surface area (Å²) in [5.74, 6) is -0.814. The van der Waals surface area contributed by atoms with E-state index in [9.17, 15) is 18.3 Å². The SMILES string of the molecule is CN1Cc2ccc(C(F)(F)F)c(O)c2C2c3ccccc3CCC21. The van der Waals surface area contributed by atoms with Crippen LogP contribution >= 0.6 is 0 Å². The molecule has 0 aromatic heterocycles. The summed E-state index contributed by atoms with van der Waals surface area (Å²) in [5, 5.41) is 10.5. The Balaban J connectivity index is 1.97. The predicted molar refractivity (Wildman–Crippen MR) is 85.0 cm³/mol. The van der Waals surface area contributed by atoms with Crippen LogP contribution in [0.25, 0.3) is 0 Å². The Morgan fingerprint density at radius 2 is 1.83 bits per heavy atom. The molecule has 0 fully saturated rings. The fourth-order valence-electron chi connectivity index (χ4n) is 4.31. The van der Waals surface area contributed by atoms with Crippen molar-refractivity contribution in [2.24, 2.45) is 0 Å². The molecule has 0 saturated carbocycles. The third-order valence-electron chi connectivity index (χ3n) is 5.39. The summed E-state index contributed by atoms with van der Waals surface area (Å²) in [5.41, 5.74) is 2.50. The average Bonchev–Trinajstić information content (AvgIpc) is 2.53. The lowest BCUT2D eigenvalue weighted by Gasteiger charge is -2.44. The van der Waals surface area contributed by atoms with Crippen LogP contribution in [0.4, 0.5) is 13.2 Å². The molecule has 1 N–H and O–H groups in total. The zero-order chi connectivity index (χ0) is 17.1. The van der Waals surface area contributed by atoms with Crippen molar-refractivity contribution >= 4 is 0 Å². The third-order valence-corrected chi connectivity index (χ3v) is 5.39. The summed E-state index contributed by atoms with van der Waals surface area (Å²) in [6.07, 6.45) is -2.75. The highest BCUT2D eigenvalue weighted by molar-refractivity contribution is 5.55. The Morgan fingerprint density at radius 1 is 1.08 bits per heavy atom. The van der Waals surface area contributed by atoms with Crippen molar-refractivity contribution < 1.29 is 18.3 Å². The zero-order valence-electron chi connectivity index (χ0n) is 13.3. The van der Waals surface area contributed by atoms with Gasteiger partial charge in [0.15, 0.2) is 0 Å². The molecular weight excluding hydrogens is 315 g/mol. The standard InChI is InChI=1S/C19H18F3NO/c1-23-10-12-6-8-14(19(20,21)22)18(24)16(12)17-13-5-3-2-4-11(13)7-9-15(17)23/h2-6,8,15,17,24H,7,9-10H2,1H3. The topological polar surface area (TPSA) is 23.5 Å². The molecule has 2 aromatic carbocycles. The fraction of sp³-hybridized carbons (Fsp3) is 0.368. The monoisotopic (exact) mass is 333 g/mol. The Bertz CT molecular complexity index is 800. The lowest BCUT2D eigenvalue weighted by atomic mass is 9.71. The van der Waals surface area contributed by atoms with Gasteiger partial charge < -0.3 is 5.11 Å². The summed E-state index contributed by atoms with van der Waals surface area (Å²) >= 11 is 0. The van der Waals surface area contributed by atoms with Gasteiger partial charge in [-0.3, -0.25) is 4.90 Å². The minimum atomic E-state index is -4.55. The molecule has 5 heteroatoms. The van der Waals surface area contributed by atoms with Crippen molar-refractivity contribution in [2.75, 3.05) is 7.05 Å². The van der Waals surface area contributed by atoms with E-state index in [0.29, 0.717) is 12.1 Å². The van der Waals surface area contributed by atoms with Crippen LogP contribution in [0.5, 0.6) is 5.75 Å². The van der Waals surface area contributed by atoms with Crippen LogP contribution in [0.3, 0.4) is 0 Å². The number of alkyl halides is 3. The minimum Gasteiger partial charge on any atom is -0.507 e. The van der Waals surface area contributed by atoms with Crippen molar-refractivity contribution in [1.29, 1.82) is 0 Å². The maximum atomic E-state index is 13.2. The number of aromatic hydroxyl groups is 1. The number of rotatable bonds is 0. The van der Waals surface area contributed by atoms with Crippen molar-refractivity contribution in [3.05, 3.63) is 64.2 Å². The Hall–Kier alpha value is -2.01. The molecule has 0 saturated heterocycles. The van der Waals surface area contributed by atoms with Crippen LogP contribution in [-0.4, -0.2) is 23.1 Å². The van der Waals surface area contributed by atoms with Gasteiger partial charge in [-0.15, -0.1) is 0 Å². The second kappa shape index (κ2) is 5.24. The van der Waals surface area contributed by atoms with Crippen LogP contribution in [0.2, 0.25) is 0 Å². The number of likely N-dealkylation sites (N-methyl/N-ethyl adjacent to an activating group) is 1. The van der Waals surface area contributed by atoms with Gasteiger partial charge >= 0.3 is 6.18 Å². The first-order valence-electron chi connectivity index (χ1n) is 8.08. The highest BCUT2D eigenvalue weighted by Crippen LogP contribution is 2.50. The van der Waals surface area contributed by atoms with E-state index in [1.165, 1.54) is 6.07 Å². The number of nitrogens with zero attached hydrogens (tertiary/aromatic N) is 1. The molecular formula is C19H18F3NO. The van der Waals surface area contributed by atoms with Crippen LogP contribution in [0, 0.1) is 0 Å². The maximum Gasteiger partial charge on any atom is 0.419 e. The van der Waals surface area contributed by atoms with Crippen LogP contribution < -0.4 is 0 Å². The molecule has 126 valence electrons. The van der Waals surface area contributed by atoms with Crippen LogP contribution in [-0.2, 0) is 19.1 Å². The molecule has 0 radical (unpaired) electrons. The van der Waals surface area contributed by atoms with Crippen molar-refractivity contribution in [1.82, 2.24) is 4.90 Å². The molecule has 0 bridgehead atoms. The Labute approximate surface area is 138 Å². The van der Waals surface area contributed by atoms with Gasteiger partial charge in [-0.2, -0.15) is 13.2 Å². The molecule has 4 rings (SSSR count). The number of phenolic OH excluding ortho intramolecular Hbond substituents is 1. The Morgan fingerprint density at radius 3 is 2.58 bits per heavy atom. The lowest BCUT2D eigenvalue weighted by molar-refractivity contribution is -0.138. The molecule has 2 aromatic rings. The first kappa shape index (κ1) is 15.5. The van der Waals surface area contributed by atoms with E-state index in [-0.39, 0.29) is 12.0 Å². The van der Waals surface area contributed by atoms with Crippen molar-refractivity contribution in [3.63, 3.8) is 0 Å². The minimum absolute atomic E-state index is 0.113. The second-order valence-corrected chi connectivity index (χ2v) is 6.73. The van der Waals surface area contributed by atoms with Gasteiger partial charge in [-0.1, -0.05) is 30.3 Å². The van der Waals surface area contributed by atoms with Crippen LogP contribution in [0.1, 0.15) is 40.2 Å². The molecule has 0 spiro atoms. The Kier molecular flexibility index (Phi) is 3.39. The van der Waals surface area contributed by atoms with Gasteiger partial charge in [0.1, 0.15) is 5.75 Å². The summed E-state index contributed by atoms with van der Waals surface area (Å²) in [7, 11) is 2.00. The van der Waals surface area contributed by atoms with E-state index in [0.717, 1.165) is 35.6 Å². The number of halogens is 3. The van der Waals surface area contributed by atoms with E-state index in [1.807, 2.05) is 31.3 Å². The molecule has 2 unspecified atom stereocenters. The van der Waals surface area contributed by atoms with Gasteiger partial charge in [-0.25, -0.2) is 0 Å².